The monoisotopic (exact) mass is 525 g/mol. The Balaban J connectivity index is 2.85. The van der Waals surface area contributed by atoms with Crippen LogP contribution in [0.4, 0.5) is 0 Å². The fourth-order valence-electron chi connectivity index (χ4n) is 3.65. The normalized spacial score (nSPS) is 13.2. The van der Waals surface area contributed by atoms with E-state index in [9.17, 15) is 9.59 Å². The zero-order chi connectivity index (χ0) is 26.8. The third-order valence-corrected chi connectivity index (χ3v) is 7.52. The molecule has 1 aromatic rings. The number of benzene rings is 1. The summed E-state index contributed by atoms with van der Waals surface area (Å²) >= 11 is 0. The number of unbranched alkanes of at least 4 members (excludes halogenated alkanes) is 4. The van der Waals surface area contributed by atoms with Crippen LogP contribution >= 0.6 is 8.53 Å². The molecule has 8 heteroatoms. The van der Waals surface area contributed by atoms with Crippen LogP contribution in [0.15, 0.2) is 30.3 Å². The van der Waals surface area contributed by atoms with E-state index in [0.717, 1.165) is 44.1 Å². The van der Waals surface area contributed by atoms with Crippen LogP contribution in [0.2, 0.25) is 0 Å². The van der Waals surface area contributed by atoms with Crippen LogP contribution in [0.3, 0.4) is 0 Å². The standard InChI is InChI=1S/C28H48NO6P/c1-7-9-12-18-27(30)32-21-26(35-28(31)19-13-10-8-2)22-34-36(29(23(3)4)24(5)6)33-20-25-16-14-11-15-17-25/h11,14-17,23-24,26H,7-10,12-13,18-22H2,1-6H3/t26-,36?/m1/s1. The molecule has 0 saturated heterocycles. The summed E-state index contributed by atoms with van der Waals surface area (Å²) in [6.45, 7) is 13.1. The van der Waals surface area contributed by atoms with E-state index in [2.05, 4.69) is 46.2 Å². The maximum absolute atomic E-state index is 12.4. The molecule has 2 atom stereocenters. The van der Waals surface area contributed by atoms with Gasteiger partial charge in [0.05, 0.1) is 13.2 Å². The van der Waals surface area contributed by atoms with Gasteiger partial charge in [-0.2, -0.15) is 0 Å². The van der Waals surface area contributed by atoms with Gasteiger partial charge < -0.3 is 18.5 Å². The van der Waals surface area contributed by atoms with Crippen LogP contribution in [-0.4, -0.2) is 48.0 Å². The van der Waals surface area contributed by atoms with Crippen LogP contribution in [0.5, 0.6) is 0 Å². The van der Waals surface area contributed by atoms with E-state index >= 15 is 0 Å². The number of nitrogens with zero attached hydrogens (tertiary/aromatic N) is 1. The molecule has 0 amide bonds. The summed E-state index contributed by atoms with van der Waals surface area (Å²) in [5.74, 6) is -0.567. The van der Waals surface area contributed by atoms with Crippen LogP contribution in [0.25, 0.3) is 0 Å². The lowest BCUT2D eigenvalue weighted by Crippen LogP contribution is -2.35. The lowest BCUT2D eigenvalue weighted by molar-refractivity contribution is -0.161. The first kappa shape index (κ1) is 32.5. The minimum atomic E-state index is -1.43. The molecule has 1 aromatic carbocycles. The fraction of sp³-hybridized carbons (Fsp3) is 0.714. The first-order valence-corrected chi connectivity index (χ1v) is 14.6. The minimum Gasteiger partial charge on any atom is -0.462 e. The van der Waals surface area contributed by atoms with Crippen LogP contribution in [0, 0.1) is 0 Å². The van der Waals surface area contributed by atoms with Gasteiger partial charge in [-0.25, -0.2) is 4.67 Å². The van der Waals surface area contributed by atoms with E-state index in [1.54, 1.807) is 0 Å². The molecule has 1 unspecified atom stereocenters. The van der Waals surface area contributed by atoms with Crippen molar-refractivity contribution in [1.82, 2.24) is 4.67 Å². The largest absolute Gasteiger partial charge is 0.462 e. The number of carbonyl (C=O) groups is 2. The minimum absolute atomic E-state index is 0.0182. The molecule has 0 aliphatic rings. The van der Waals surface area contributed by atoms with Gasteiger partial charge in [0.15, 0.2) is 6.10 Å². The Kier molecular flexibility index (Phi) is 17.7. The van der Waals surface area contributed by atoms with Crippen molar-refractivity contribution in [2.75, 3.05) is 13.2 Å². The highest BCUT2D eigenvalue weighted by Crippen LogP contribution is 2.46. The van der Waals surface area contributed by atoms with Crippen molar-refractivity contribution in [2.24, 2.45) is 0 Å². The number of hydrogen-bond acceptors (Lipinski definition) is 7. The highest BCUT2D eigenvalue weighted by molar-refractivity contribution is 7.44. The maximum atomic E-state index is 12.4. The van der Waals surface area contributed by atoms with Crippen molar-refractivity contribution < 1.29 is 28.1 Å². The van der Waals surface area contributed by atoms with Crippen molar-refractivity contribution in [1.29, 1.82) is 0 Å². The molecule has 0 bridgehead atoms. The topological polar surface area (TPSA) is 74.3 Å². The molecular formula is C28H48NO6P. The maximum Gasteiger partial charge on any atom is 0.306 e. The number of rotatable bonds is 20. The second kappa shape index (κ2) is 19.6. The smallest absolute Gasteiger partial charge is 0.306 e. The fourth-order valence-corrected chi connectivity index (χ4v) is 5.30. The van der Waals surface area contributed by atoms with E-state index < -0.39 is 14.6 Å². The number of carbonyl (C=O) groups excluding carboxylic acids is 2. The average molecular weight is 526 g/mol. The highest BCUT2D eigenvalue weighted by Gasteiger charge is 2.29. The Morgan fingerprint density at radius 1 is 0.806 bits per heavy atom. The molecule has 1 rings (SSSR count). The van der Waals surface area contributed by atoms with Gasteiger partial charge in [-0.15, -0.1) is 0 Å². The molecule has 0 aromatic heterocycles. The van der Waals surface area contributed by atoms with Gasteiger partial charge in [-0.05, 0) is 46.1 Å². The van der Waals surface area contributed by atoms with Gasteiger partial charge in [-0.1, -0.05) is 69.9 Å². The molecule has 7 nitrogen and oxygen atoms in total. The van der Waals surface area contributed by atoms with Gasteiger partial charge in [0.1, 0.15) is 6.61 Å². The summed E-state index contributed by atoms with van der Waals surface area (Å²) in [5, 5.41) is 0. The predicted molar refractivity (Wildman–Crippen MR) is 145 cm³/mol. The third kappa shape index (κ3) is 14.3. The van der Waals surface area contributed by atoms with Crippen molar-refractivity contribution in [2.45, 2.75) is 118 Å². The Bertz CT molecular complexity index is 707. The SMILES string of the molecule is CCCCCC(=O)OC[C@H](COP(OCc1ccccc1)N(C(C)C)C(C)C)OC(=O)CCCCC. The summed E-state index contributed by atoms with van der Waals surface area (Å²) in [5.41, 5.74) is 1.06. The molecule has 0 saturated carbocycles. The Hall–Kier alpha value is -1.53. The van der Waals surface area contributed by atoms with Crippen LogP contribution in [-0.2, 0) is 34.7 Å². The zero-order valence-corrected chi connectivity index (χ0v) is 24.1. The lowest BCUT2D eigenvalue weighted by atomic mass is 10.2. The third-order valence-electron chi connectivity index (χ3n) is 5.50. The molecule has 0 spiro atoms. The number of ether oxygens (including phenoxy) is 2. The zero-order valence-electron chi connectivity index (χ0n) is 23.2. The summed E-state index contributed by atoms with van der Waals surface area (Å²) < 4.78 is 25.8. The van der Waals surface area contributed by atoms with E-state index in [-0.39, 0.29) is 37.2 Å². The Morgan fingerprint density at radius 3 is 1.94 bits per heavy atom. The van der Waals surface area contributed by atoms with Crippen molar-refractivity contribution in [3.05, 3.63) is 35.9 Å². The molecule has 0 aliphatic carbocycles. The lowest BCUT2D eigenvalue weighted by Gasteiger charge is -2.36. The van der Waals surface area contributed by atoms with Crippen molar-refractivity contribution in [3.63, 3.8) is 0 Å². The number of hydrogen-bond donors (Lipinski definition) is 0. The molecule has 0 N–H and O–H groups in total. The predicted octanol–water partition coefficient (Wildman–Crippen LogP) is 7.18. The van der Waals surface area contributed by atoms with E-state index in [0.29, 0.717) is 19.4 Å². The molecule has 206 valence electrons. The second-order valence-corrected chi connectivity index (χ2v) is 11.0. The molecule has 36 heavy (non-hydrogen) atoms. The Morgan fingerprint density at radius 2 is 1.39 bits per heavy atom. The van der Waals surface area contributed by atoms with Crippen molar-refractivity contribution >= 4 is 20.5 Å². The molecular weight excluding hydrogens is 477 g/mol. The summed E-state index contributed by atoms with van der Waals surface area (Å²) in [6.07, 6.45) is 5.62. The van der Waals surface area contributed by atoms with E-state index in [1.165, 1.54) is 0 Å². The van der Waals surface area contributed by atoms with E-state index in [1.807, 2.05) is 30.3 Å². The molecule has 0 aliphatic heterocycles. The summed E-state index contributed by atoms with van der Waals surface area (Å²) in [6, 6.07) is 10.3. The summed E-state index contributed by atoms with van der Waals surface area (Å²) in [4.78, 5) is 24.6. The van der Waals surface area contributed by atoms with Gasteiger partial charge in [0.2, 0.25) is 0 Å². The van der Waals surface area contributed by atoms with Crippen LogP contribution in [0.1, 0.15) is 98.5 Å². The van der Waals surface area contributed by atoms with Crippen molar-refractivity contribution in [3.8, 4) is 0 Å². The van der Waals surface area contributed by atoms with Crippen LogP contribution < -0.4 is 0 Å². The average Bonchev–Trinajstić information content (AvgIpc) is 2.84. The second-order valence-electron chi connectivity index (χ2n) is 9.57. The van der Waals surface area contributed by atoms with E-state index in [4.69, 9.17) is 18.5 Å². The molecule has 0 fully saturated rings. The van der Waals surface area contributed by atoms with Gasteiger partial charge in [-0.3, -0.25) is 9.59 Å². The molecule has 0 radical (unpaired) electrons. The molecule has 0 heterocycles. The highest BCUT2D eigenvalue weighted by atomic mass is 31.2. The number of esters is 2. The first-order valence-electron chi connectivity index (χ1n) is 13.5. The van der Waals surface area contributed by atoms with Gasteiger partial charge in [0, 0.05) is 24.9 Å². The summed E-state index contributed by atoms with van der Waals surface area (Å²) in [7, 11) is -1.43. The Labute approximate surface area is 220 Å². The van der Waals surface area contributed by atoms with Gasteiger partial charge >= 0.3 is 11.9 Å². The first-order chi connectivity index (χ1) is 17.3. The quantitative estimate of drug-likeness (QED) is 0.101. The van der Waals surface area contributed by atoms with Gasteiger partial charge in [0.25, 0.3) is 8.53 Å².